The lowest BCUT2D eigenvalue weighted by molar-refractivity contribution is -0.118. The Morgan fingerprint density at radius 1 is 1.10 bits per heavy atom. The first-order chi connectivity index (χ1) is 10.3. The van der Waals surface area contributed by atoms with E-state index in [1.54, 1.807) is 0 Å². The summed E-state index contributed by atoms with van der Waals surface area (Å²) < 4.78 is 10.7. The number of ether oxygens (including phenoxy) is 2. The molecule has 1 heterocycles. The molecule has 1 aromatic carbocycles. The summed E-state index contributed by atoms with van der Waals surface area (Å²) in [4.78, 5) is 12.6. The van der Waals surface area contributed by atoms with E-state index in [-0.39, 0.29) is 12.7 Å². The molecule has 1 atom stereocenters. The second-order valence-corrected chi connectivity index (χ2v) is 5.93. The van der Waals surface area contributed by atoms with E-state index in [2.05, 4.69) is 12.2 Å². The minimum atomic E-state index is -0.0257. The Labute approximate surface area is 124 Å². The number of Topliss-reactive ketones (excluding diaryl/α,β-unsaturated/α-hetero) is 1. The third-order valence-corrected chi connectivity index (χ3v) is 4.57. The number of rotatable bonds is 2. The summed E-state index contributed by atoms with van der Waals surface area (Å²) in [5.74, 6) is 1.88. The Morgan fingerprint density at radius 2 is 1.95 bits per heavy atom. The molecule has 4 rings (SSSR count). The maximum absolute atomic E-state index is 12.6. The van der Waals surface area contributed by atoms with E-state index in [4.69, 9.17) is 9.47 Å². The summed E-state index contributed by atoms with van der Waals surface area (Å²) in [5.41, 5.74) is 3.48. The van der Waals surface area contributed by atoms with Crippen molar-refractivity contribution < 1.29 is 14.3 Å². The van der Waals surface area contributed by atoms with Crippen molar-refractivity contribution in [3.8, 4) is 11.5 Å². The van der Waals surface area contributed by atoms with Gasteiger partial charge in [-0.3, -0.25) is 4.79 Å². The predicted molar refractivity (Wildman–Crippen MR) is 79.4 cm³/mol. The first kappa shape index (κ1) is 12.7. The number of carbonyl (C=O) groups is 1. The van der Waals surface area contributed by atoms with Crippen molar-refractivity contribution >= 4 is 5.78 Å². The molecule has 3 nitrogen and oxygen atoms in total. The van der Waals surface area contributed by atoms with Crippen molar-refractivity contribution in [3.63, 3.8) is 0 Å². The summed E-state index contributed by atoms with van der Waals surface area (Å²) in [6.07, 6.45) is 9.37. The van der Waals surface area contributed by atoms with E-state index in [9.17, 15) is 4.79 Å². The molecule has 0 fully saturated rings. The molecule has 21 heavy (non-hydrogen) atoms. The van der Waals surface area contributed by atoms with Crippen LogP contribution in [0.15, 0.2) is 41.5 Å². The first-order valence-corrected chi connectivity index (χ1v) is 7.64. The zero-order chi connectivity index (χ0) is 14.2. The van der Waals surface area contributed by atoms with Crippen LogP contribution in [0.3, 0.4) is 0 Å². The fourth-order valence-electron chi connectivity index (χ4n) is 3.42. The van der Waals surface area contributed by atoms with E-state index in [1.165, 1.54) is 12.0 Å². The predicted octanol–water partition coefficient (Wildman–Crippen LogP) is 3.58. The lowest BCUT2D eigenvalue weighted by Gasteiger charge is -2.24. The maximum atomic E-state index is 12.6. The van der Waals surface area contributed by atoms with Crippen molar-refractivity contribution in [2.45, 2.75) is 32.1 Å². The van der Waals surface area contributed by atoms with E-state index >= 15 is 0 Å². The Bertz CT molecular complexity index is 654. The van der Waals surface area contributed by atoms with Crippen LogP contribution in [0.1, 0.15) is 31.2 Å². The Balaban J connectivity index is 1.54. The van der Waals surface area contributed by atoms with Crippen molar-refractivity contribution in [2.75, 3.05) is 6.79 Å². The van der Waals surface area contributed by atoms with Gasteiger partial charge >= 0.3 is 0 Å². The number of ketones is 1. The molecule has 0 amide bonds. The molecule has 108 valence electrons. The molecule has 0 aromatic heterocycles. The first-order valence-electron chi connectivity index (χ1n) is 7.64. The number of hydrogen-bond acceptors (Lipinski definition) is 3. The minimum Gasteiger partial charge on any atom is -0.454 e. The van der Waals surface area contributed by atoms with Gasteiger partial charge in [0.1, 0.15) is 0 Å². The highest BCUT2D eigenvalue weighted by Gasteiger charge is 2.27. The van der Waals surface area contributed by atoms with Gasteiger partial charge in [0.25, 0.3) is 0 Å². The molecule has 0 bridgehead atoms. The Morgan fingerprint density at radius 3 is 2.90 bits per heavy atom. The summed E-state index contributed by atoms with van der Waals surface area (Å²) in [7, 11) is 0. The van der Waals surface area contributed by atoms with E-state index in [0.717, 1.165) is 48.3 Å². The molecule has 3 aliphatic rings. The molecule has 3 heteroatoms. The van der Waals surface area contributed by atoms with Gasteiger partial charge in [-0.05, 0) is 60.9 Å². The molecule has 1 unspecified atom stereocenters. The summed E-state index contributed by atoms with van der Waals surface area (Å²) in [5, 5.41) is 0. The SMILES string of the molecule is O=C1C2=C(C=CC1Cc1ccc3c(c1)OCO3)CCCC2. The van der Waals surface area contributed by atoms with Crippen molar-refractivity contribution in [1.82, 2.24) is 0 Å². The molecule has 0 saturated carbocycles. The highest BCUT2D eigenvalue weighted by molar-refractivity contribution is 6.01. The zero-order valence-corrected chi connectivity index (χ0v) is 11.9. The second-order valence-electron chi connectivity index (χ2n) is 5.93. The van der Waals surface area contributed by atoms with Crippen molar-refractivity contribution in [2.24, 2.45) is 5.92 Å². The number of benzene rings is 1. The van der Waals surface area contributed by atoms with E-state index < -0.39 is 0 Å². The molecule has 0 N–H and O–H groups in total. The van der Waals surface area contributed by atoms with Crippen LogP contribution in [0.4, 0.5) is 0 Å². The quantitative estimate of drug-likeness (QED) is 0.831. The molecule has 0 saturated heterocycles. The lowest BCUT2D eigenvalue weighted by Crippen LogP contribution is -2.23. The minimum absolute atomic E-state index is 0.0257. The van der Waals surface area contributed by atoms with Gasteiger partial charge in [-0.1, -0.05) is 18.2 Å². The molecule has 0 radical (unpaired) electrons. The highest BCUT2D eigenvalue weighted by atomic mass is 16.7. The third kappa shape index (κ3) is 2.27. The van der Waals surface area contributed by atoms with Gasteiger partial charge in [0, 0.05) is 5.92 Å². The van der Waals surface area contributed by atoms with E-state index in [0.29, 0.717) is 5.78 Å². The molecular weight excluding hydrogens is 264 g/mol. The highest BCUT2D eigenvalue weighted by Crippen LogP contribution is 2.36. The fourth-order valence-corrected chi connectivity index (χ4v) is 3.42. The maximum Gasteiger partial charge on any atom is 0.231 e. The lowest BCUT2D eigenvalue weighted by atomic mass is 9.79. The average molecular weight is 282 g/mol. The third-order valence-electron chi connectivity index (χ3n) is 4.57. The van der Waals surface area contributed by atoms with Crippen LogP contribution in [0, 0.1) is 5.92 Å². The molecule has 1 aromatic rings. The summed E-state index contributed by atoms with van der Waals surface area (Å²) in [6.45, 7) is 0.289. The van der Waals surface area contributed by atoms with Gasteiger partial charge in [-0.15, -0.1) is 0 Å². The number of allylic oxidation sites excluding steroid dienone is 4. The van der Waals surface area contributed by atoms with Gasteiger partial charge < -0.3 is 9.47 Å². The molecule has 0 spiro atoms. The van der Waals surface area contributed by atoms with Crippen LogP contribution in [0.2, 0.25) is 0 Å². The van der Waals surface area contributed by atoms with Gasteiger partial charge in [0.05, 0.1) is 0 Å². The largest absolute Gasteiger partial charge is 0.454 e. The van der Waals surface area contributed by atoms with Gasteiger partial charge in [0.2, 0.25) is 6.79 Å². The van der Waals surface area contributed by atoms with Crippen LogP contribution in [-0.4, -0.2) is 12.6 Å². The van der Waals surface area contributed by atoms with Crippen LogP contribution in [0.25, 0.3) is 0 Å². The van der Waals surface area contributed by atoms with Crippen LogP contribution in [0.5, 0.6) is 11.5 Å². The van der Waals surface area contributed by atoms with Gasteiger partial charge in [0.15, 0.2) is 17.3 Å². The standard InChI is InChI=1S/C18H18O3/c19-18-14(7-6-13-3-1-2-4-15(13)18)9-12-5-8-16-17(10-12)21-11-20-16/h5-8,10,14H,1-4,9,11H2. The summed E-state index contributed by atoms with van der Waals surface area (Å²) >= 11 is 0. The molecular formula is C18H18O3. The van der Waals surface area contributed by atoms with Crippen molar-refractivity contribution in [1.29, 1.82) is 0 Å². The van der Waals surface area contributed by atoms with E-state index in [1.807, 2.05) is 18.2 Å². The van der Waals surface area contributed by atoms with Crippen molar-refractivity contribution in [3.05, 3.63) is 47.1 Å². The monoisotopic (exact) mass is 282 g/mol. The molecule has 2 aliphatic carbocycles. The Hall–Kier alpha value is -2.03. The number of hydrogen-bond donors (Lipinski definition) is 0. The van der Waals surface area contributed by atoms with Gasteiger partial charge in [-0.25, -0.2) is 0 Å². The average Bonchev–Trinajstić information content (AvgIpc) is 2.98. The normalized spacial score (nSPS) is 23.4. The Kier molecular flexibility index (Phi) is 3.06. The summed E-state index contributed by atoms with van der Waals surface area (Å²) in [6, 6.07) is 5.95. The second kappa shape index (κ2) is 5.06. The number of fused-ring (bicyclic) bond motifs is 1. The van der Waals surface area contributed by atoms with Crippen LogP contribution >= 0.6 is 0 Å². The molecule has 1 aliphatic heterocycles. The van der Waals surface area contributed by atoms with Crippen LogP contribution < -0.4 is 9.47 Å². The van der Waals surface area contributed by atoms with Crippen LogP contribution in [-0.2, 0) is 11.2 Å². The zero-order valence-electron chi connectivity index (χ0n) is 11.9. The van der Waals surface area contributed by atoms with Gasteiger partial charge in [-0.2, -0.15) is 0 Å². The fraction of sp³-hybridized carbons (Fsp3) is 0.389. The smallest absolute Gasteiger partial charge is 0.231 e. The number of carbonyl (C=O) groups excluding carboxylic acids is 1. The topological polar surface area (TPSA) is 35.5 Å².